The molecule has 0 atom stereocenters. The van der Waals surface area contributed by atoms with Gasteiger partial charge in [0.05, 0.1) is 20.8 Å². The second kappa shape index (κ2) is 4.86. The number of hydrogen-bond acceptors (Lipinski definition) is 3. The average molecular weight is 196 g/mol. The fourth-order valence-electron chi connectivity index (χ4n) is 1.48. The number of rotatable bonds is 4. The number of ether oxygens (including phenoxy) is 2. The van der Waals surface area contributed by atoms with Gasteiger partial charge in [-0.15, -0.1) is 0 Å². The molecule has 0 spiro atoms. The summed E-state index contributed by atoms with van der Waals surface area (Å²) in [5, 5.41) is 9.03. The quantitative estimate of drug-likeness (QED) is 0.797. The monoisotopic (exact) mass is 196 g/mol. The van der Waals surface area contributed by atoms with Crippen molar-refractivity contribution < 1.29 is 14.6 Å². The second-order valence-corrected chi connectivity index (χ2v) is 2.99. The van der Waals surface area contributed by atoms with Gasteiger partial charge in [-0.25, -0.2) is 0 Å². The predicted octanol–water partition coefficient (Wildman–Crippen LogP) is 1.76. The van der Waals surface area contributed by atoms with Gasteiger partial charge >= 0.3 is 0 Å². The first kappa shape index (κ1) is 10.9. The lowest BCUT2D eigenvalue weighted by molar-refractivity contribution is 0.279. The SMILES string of the molecule is CCc1c(OC)cc(CO)cc1OC. The lowest BCUT2D eigenvalue weighted by Crippen LogP contribution is -1.98. The van der Waals surface area contributed by atoms with E-state index >= 15 is 0 Å². The molecule has 0 heterocycles. The minimum absolute atomic E-state index is 0.00326. The summed E-state index contributed by atoms with van der Waals surface area (Å²) in [5.74, 6) is 1.55. The Labute approximate surface area is 84.3 Å². The van der Waals surface area contributed by atoms with Gasteiger partial charge in [0.1, 0.15) is 11.5 Å². The van der Waals surface area contributed by atoms with Crippen LogP contribution in [-0.2, 0) is 13.0 Å². The molecule has 1 aromatic carbocycles. The number of hydrogen-bond donors (Lipinski definition) is 1. The van der Waals surface area contributed by atoms with Crippen molar-refractivity contribution in [2.45, 2.75) is 20.0 Å². The van der Waals surface area contributed by atoms with Gasteiger partial charge in [-0.3, -0.25) is 0 Å². The van der Waals surface area contributed by atoms with Crippen molar-refractivity contribution in [1.82, 2.24) is 0 Å². The van der Waals surface area contributed by atoms with E-state index in [2.05, 4.69) is 0 Å². The molecule has 0 amide bonds. The predicted molar refractivity (Wildman–Crippen MR) is 54.8 cm³/mol. The highest BCUT2D eigenvalue weighted by atomic mass is 16.5. The molecule has 14 heavy (non-hydrogen) atoms. The molecule has 78 valence electrons. The Balaban J connectivity index is 3.24. The van der Waals surface area contributed by atoms with E-state index in [-0.39, 0.29) is 6.61 Å². The fourth-order valence-corrected chi connectivity index (χ4v) is 1.48. The summed E-state index contributed by atoms with van der Waals surface area (Å²) in [7, 11) is 3.24. The van der Waals surface area contributed by atoms with Crippen LogP contribution in [0.2, 0.25) is 0 Å². The van der Waals surface area contributed by atoms with Crippen LogP contribution >= 0.6 is 0 Å². The van der Waals surface area contributed by atoms with Gasteiger partial charge in [-0.2, -0.15) is 0 Å². The van der Waals surface area contributed by atoms with Crippen molar-refractivity contribution in [3.8, 4) is 11.5 Å². The minimum atomic E-state index is -0.00326. The molecular weight excluding hydrogens is 180 g/mol. The van der Waals surface area contributed by atoms with Crippen LogP contribution in [0.25, 0.3) is 0 Å². The van der Waals surface area contributed by atoms with Crippen LogP contribution in [0.1, 0.15) is 18.1 Å². The molecule has 0 saturated carbocycles. The lowest BCUT2D eigenvalue weighted by atomic mass is 10.1. The van der Waals surface area contributed by atoms with Crippen molar-refractivity contribution in [3.05, 3.63) is 23.3 Å². The van der Waals surface area contributed by atoms with Crippen LogP contribution in [0, 0.1) is 0 Å². The molecular formula is C11H16O3. The summed E-state index contributed by atoms with van der Waals surface area (Å²) < 4.78 is 10.5. The molecule has 0 fully saturated rings. The Morgan fingerprint density at radius 1 is 1.14 bits per heavy atom. The maximum absolute atomic E-state index is 9.03. The number of aliphatic hydroxyl groups excluding tert-OH is 1. The first-order chi connectivity index (χ1) is 6.76. The third-order valence-corrected chi connectivity index (χ3v) is 2.20. The molecule has 0 aliphatic carbocycles. The van der Waals surface area contributed by atoms with Gasteiger partial charge in [-0.1, -0.05) is 6.92 Å². The number of benzene rings is 1. The van der Waals surface area contributed by atoms with Crippen molar-refractivity contribution in [2.24, 2.45) is 0 Å². The highest BCUT2D eigenvalue weighted by Crippen LogP contribution is 2.30. The van der Waals surface area contributed by atoms with E-state index in [0.717, 1.165) is 29.0 Å². The second-order valence-electron chi connectivity index (χ2n) is 2.99. The number of aliphatic hydroxyl groups is 1. The maximum atomic E-state index is 9.03. The molecule has 1 aromatic rings. The zero-order valence-electron chi connectivity index (χ0n) is 8.83. The van der Waals surface area contributed by atoms with Crippen LogP contribution in [-0.4, -0.2) is 19.3 Å². The molecule has 0 bridgehead atoms. The molecule has 3 heteroatoms. The molecule has 3 nitrogen and oxygen atoms in total. The molecule has 0 aliphatic rings. The Kier molecular flexibility index (Phi) is 3.77. The van der Waals surface area contributed by atoms with E-state index in [4.69, 9.17) is 14.6 Å². The Morgan fingerprint density at radius 3 is 1.93 bits per heavy atom. The van der Waals surface area contributed by atoms with Gasteiger partial charge in [0.2, 0.25) is 0 Å². The standard InChI is InChI=1S/C11H16O3/c1-4-9-10(13-2)5-8(7-12)6-11(9)14-3/h5-6,12H,4,7H2,1-3H3. The van der Waals surface area contributed by atoms with E-state index in [1.807, 2.05) is 19.1 Å². The highest BCUT2D eigenvalue weighted by molar-refractivity contribution is 5.48. The van der Waals surface area contributed by atoms with Gasteiger partial charge < -0.3 is 14.6 Å². The van der Waals surface area contributed by atoms with Crippen molar-refractivity contribution in [2.75, 3.05) is 14.2 Å². The van der Waals surface area contributed by atoms with E-state index in [1.54, 1.807) is 14.2 Å². The van der Waals surface area contributed by atoms with Crippen LogP contribution in [0.3, 0.4) is 0 Å². The molecule has 0 saturated heterocycles. The van der Waals surface area contributed by atoms with Crippen LogP contribution in [0.5, 0.6) is 11.5 Å². The zero-order valence-corrected chi connectivity index (χ0v) is 8.83. The Hall–Kier alpha value is -1.22. The normalized spacial score (nSPS) is 10.0. The van der Waals surface area contributed by atoms with E-state index < -0.39 is 0 Å². The largest absolute Gasteiger partial charge is 0.496 e. The first-order valence-electron chi connectivity index (χ1n) is 4.61. The Bertz CT molecular complexity index is 282. The summed E-state index contributed by atoms with van der Waals surface area (Å²) in [6.07, 6.45) is 0.845. The zero-order chi connectivity index (χ0) is 10.6. The molecule has 0 unspecified atom stereocenters. The van der Waals surface area contributed by atoms with Crippen LogP contribution < -0.4 is 9.47 Å². The third kappa shape index (κ3) is 1.99. The Morgan fingerprint density at radius 2 is 1.64 bits per heavy atom. The topological polar surface area (TPSA) is 38.7 Å². The highest BCUT2D eigenvalue weighted by Gasteiger charge is 2.09. The third-order valence-electron chi connectivity index (χ3n) is 2.20. The smallest absolute Gasteiger partial charge is 0.126 e. The first-order valence-corrected chi connectivity index (χ1v) is 4.61. The van der Waals surface area contributed by atoms with Gasteiger partial charge in [0.15, 0.2) is 0 Å². The van der Waals surface area contributed by atoms with Gasteiger partial charge in [-0.05, 0) is 24.1 Å². The maximum Gasteiger partial charge on any atom is 0.126 e. The molecule has 1 rings (SSSR count). The molecule has 0 aromatic heterocycles. The van der Waals surface area contributed by atoms with Gasteiger partial charge in [0, 0.05) is 5.56 Å². The van der Waals surface area contributed by atoms with Crippen molar-refractivity contribution in [3.63, 3.8) is 0 Å². The van der Waals surface area contributed by atoms with E-state index in [1.165, 1.54) is 0 Å². The summed E-state index contributed by atoms with van der Waals surface area (Å²) in [6.45, 7) is 2.04. The van der Waals surface area contributed by atoms with E-state index in [0.29, 0.717) is 0 Å². The molecule has 0 radical (unpaired) electrons. The van der Waals surface area contributed by atoms with Crippen molar-refractivity contribution in [1.29, 1.82) is 0 Å². The lowest BCUT2D eigenvalue weighted by Gasteiger charge is -2.13. The van der Waals surface area contributed by atoms with Crippen molar-refractivity contribution >= 4 is 0 Å². The molecule has 1 N–H and O–H groups in total. The van der Waals surface area contributed by atoms with Crippen LogP contribution in [0.4, 0.5) is 0 Å². The van der Waals surface area contributed by atoms with Crippen LogP contribution in [0.15, 0.2) is 12.1 Å². The number of methoxy groups -OCH3 is 2. The summed E-state index contributed by atoms with van der Waals surface area (Å²) in [4.78, 5) is 0. The summed E-state index contributed by atoms with van der Waals surface area (Å²) in [5.41, 5.74) is 1.84. The summed E-state index contributed by atoms with van der Waals surface area (Å²) >= 11 is 0. The van der Waals surface area contributed by atoms with Gasteiger partial charge in [0.25, 0.3) is 0 Å². The molecule has 0 aliphatic heterocycles. The fraction of sp³-hybridized carbons (Fsp3) is 0.455. The average Bonchev–Trinajstić information content (AvgIpc) is 2.26. The minimum Gasteiger partial charge on any atom is -0.496 e. The van der Waals surface area contributed by atoms with E-state index in [9.17, 15) is 0 Å². The summed E-state index contributed by atoms with van der Waals surface area (Å²) in [6, 6.07) is 3.67.